The zero-order valence-corrected chi connectivity index (χ0v) is 17.1. The molecule has 4 aromatic heterocycles. The first-order valence-electron chi connectivity index (χ1n) is 10.3. The van der Waals surface area contributed by atoms with Crippen LogP contribution in [0.2, 0.25) is 0 Å². The molecule has 1 saturated carbocycles. The molecule has 31 heavy (non-hydrogen) atoms. The van der Waals surface area contributed by atoms with Crippen molar-refractivity contribution < 1.29 is 4.74 Å². The predicted octanol–water partition coefficient (Wildman–Crippen LogP) is 2.96. The zero-order chi connectivity index (χ0) is 21.2. The Morgan fingerprint density at radius 3 is 2.74 bits per heavy atom. The lowest BCUT2D eigenvalue weighted by Gasteiger charge is -2.15. The van der Waals surface area contributed by atoms with Crippen LogP contribution in [0.25, 0.3) is 16.9 Å². The summed E-state index contributed by atoms with van der Waals surface area (Å²) in [4.78, 5) is 28.5. The highest BCUT2D eigenvalue weighted by atomic mass is 16.5. The van der Waals surface area contributed by atoms with E-state index >= 15 is 0 Å². The first kappa shape index (κ1) is 19.1. The van der Waals surface area contributed by atoms with Crippen molar-refractivity contribution in [3.8, 4) is 11.4 Å². The number of nitrogens with one attached hydrogen (secondary N) is 3. The van der Waals surface area contributed by atoms with Gasteiger partial charge in [0.1, 0.15) is 17.1 Å². The van der Waals surface area contributed by atoms with Crippen LogP contribution in [0.15, 0.2) is 59.8 Å². The van der Waals surface area contributed by atoms with Crippen LogP contribution in [-0.2, 0) is 0 Å². The van der Waals surface area contributed by atoms with E-state index in [4.69, 9.17) is 4.74 Å². The van der Waals surface area contributed by atoms with E-state index in [9.17, 15) is 4.79 Å². The van der Waals surface area contributed by atoms with Crippen molar-refractivity contribution in [3.05, 3.63) is 65.3 Å². The summed E-state index contributed by atoms with van der Waals surface area (Å²) in [6.07, 6.45) is 8.14. The Labute approximate surface area is 178 Å². The van der Waals surface area contributed by atoms with Gasteiger partial charge in [-0.3, -0.25) is 9.36 Å². The van der Waals surface area contributed by atoms with Gasteiger partial charge in [0.15, 0.2) is 5.65 Å². The molecule has 0 amide bonds. The minimum absolute atomic E-state index is 0.0758. The number of H-pyrrole nitrogens is 1. The van der Waals surface area contributed by atoms with Crippen molar-refractivity contribution in [1.29, 1.82) is 0 Å². The maximum absolute atomic E-state index is 12.0. The highest BCUT2D eigenvalue weighted by molar-refractivity contribution is 5.80. The highest BCUT2D eigenvalue weighted by Crippen LogP contribution is 2.27. The molecule has 2 atom stereocenters. The van der Waals surface area contributed by atoms with E-state index in [1.165, 1.54) is 6.07 Å². The summed E-state index contributed by atoms with van der Waals surface area (Å²) in [6.45, 7) is 0. The van der Waals surface area contributed by atoms with Crippen LogP contribution in [0, 0.1) is 0 Å². The van der Waals surface area contributed by atoms with Gasteiger partial charge < -0.3 is 20.4 Å². The second-order valence-electron chi connectivity index (χ2n) is 7.60. The van der Waals surface area contributed by atoms with Gasteiger partial charge in [-0.1, -0.05) is 6.07 Å². The third kappa shape index (κ3) is 3.94. The van der Waals surface area contributed by atoms with Gasteiger partial charge in [-0.05, 0) is 37.5 Å². The molecule has 5 rings (SSSR count). The van der Waals surface area contributed by atoms with Crippen molar-refractivity contribution >= 4 is 22.9 Å². The summed E-state index contributed by atoms with van der Waals surface area (Å²) in [5, 5.41) is 6.97. The minimum atomic E-state index is -0.0758. The van der Waals surface area contributed by atoms with E-state index in [-0.39, 0.29) is 5.56 Å². The van der Waals surface area contributed by atoms with Gasteiger partial charge in [-0.25, -0.2) is 9.97 Å². The minimum Gasteiger partial charge on any atom is -0.494 e. The SMILES string of the molecule is COc1ccnc2nc(N[C@H]3CC[C@H](Nc4ccc(-n5ccccc5=O)cn4)C3)[nH]c12. The number of anilines is 2. The lowest BCUT2D eigenvalue weighted by Crippen LogP contribution is -2.21. The Kier molecular flexibility index (Phi) is 4.99. The topological polar surface area (TPSA) is 110 Å². The molecule has 0 aromatic carbocycles. The van der Waals surface area contributed by atoms with Crippen molar-refractivity contribution in [2.24, 2.45) is 0 Å². The Morgan fingerprint density at radius 1 is 1.10 bits per heavy atom. The predicted molar refractivity (Wildman–Crippen MR) is 119 cm³/mol. The van der Waals surface area contributed by atoms with Gasteiger partial charge in [-0.2, -0.15) is 4.98 Å². The molecule has 1 aliphatic carbocycles. The Bertz CT molecular complexity index is 1250. The second kappa shape index (κ2) is 8.10. The average molecular weight is 417 g/mol. The van der Waals surface area contributed by atoms with Crippen LogP contribution in [0.3, 0.4) is 0 Å². The molecule has 0 bridgehead atoms. The number of hydrogen-bond donors (Lipinski definition) is 3. The molecule has 1 fully saturated rings. The van der Waals surface area contributed by atoms with E-state index in [1.807, 2.05) is 24.3 Å². The van der Waals surface area contributed by atoms with Gasteiger partial charge in [0.25, 0.3) is 5.56 Å². The quantitative estimate of drug-likeness (QED) is 0.442. The van der Waals surface area contributed by atoms with Crippen LogP contribution < -0.4 is 20.9 Å². The summed E-state index contributed by atoms with van der Waals surface area (Å²) in [7, 11) is 1.63. The van der Waals surface area contributed by atoms with Crippen LogP contribution in [0.5, 0.6) is 5.75 Å². The van der Waals surface area contributed by atoms with Gasteiger partial charge in [0.2, 0.25) is 5.95 Å². The number of imidazole rings is 1. The monoisotopic (exact) mass is 417 g/mol. The molecule has 0 saturated heterocycles. The van der Waals surface area contributed by atoms with Crippen molar-refractivity contribution in [1.82, 2.24) is 24.5 Å². The van der Waals surface area contributed by atoms with Crippen LogP contribution >= 0.6 is 0 Å². The zero-order valence-electron chi connectivity index (χ0n) is 17.1. The van der Waals surface area contributed by atoms with Crippen LogP contribution in [-0.4, -0.2) is 43.7 Å². The molecule has 0 unspecified atom stereocenters. The van der Waals surface area contributed by atoms with Gasteiger partial charge in [0.05, 0.1) is 19.0 Å². The second-order valence-corrected chi connectivity index (χ2v) is 7.60. The molecule has 4 aromatic rings. The van der Waals surface area contributed by atoms with Crippen molar-refractivity contribution in [3.63, 3.8) is 0 Å². The molecule has 0 aliphatic heterocycles. The van der Waals surface area contributed by atoms with Crippen molar-refractivity contribution in [2.45, 2.75) is 31.3 Å². The van der Waals surface area contributed by atoms with E-state index < -0.39 is 0 Å². The number of pyridine rings is 3. The molecule has 0 radical (unpaired) electrons. The highest BCUT2D eigenvalue weighted by Gasteiger charge is 2.25. The number of methoxy groups -OCH3 is 1. The smallest absolute Gasteiger partial charge is 0.255 e. The molecule has 3 N–H and O–H groups in total. The fourth-order valence-electron chi connectivity index (χ4n) is 4.03. The number of aromatic nitrogens is 5. The summed E-state index contributed by atoms with van der Waals surface area (Å²) >= 11 is 0. The third-order valence-corrected chi connectivity index (χ3v) is 5.55. The Morgan fingerprint density at radius 2 is 1.97 bits per heavy atom. The van der Waals surface area contributed by atoms with E-state index in [2.05, 4.69) is 30.6 Å². The number of hydrogen-bond acceptors (Lipinski definition) is 7. The lowest BCUT2D eigenvalue weighted by atomic mass is 10.2. The fraction of sp³-hybridized carbons (Fsp3) is 0.273. The summed E-state index contributed by atoms with van der Waals surface area (Å²) in [5.41, 5.74) is 2.10. The molecule has 1 aliphatic rings. The van der Waals surface area contributed by atoms with Crippen molar-refractivity contribution in [2.75, 3.05) is 17.7 Å². The van der Waals surface area contributed by atoms with Crippen LogP contribution in [0.1, 0.15) is 19.3 Å². The van der Waals surface area contributed by atoms with Crippen LogP contribution in [0.4, 0.5) is 11.8 Å². The van der Waals surface area contributed by atoms with Gasteiger partial charge in [-0.15, -0.1) is 0 Å². The maximum Gasteiger partial charge on any atom is 0.255 e. The van der Waals surface area contributed by atoms with E-state index in [0.29, 0.717) is 23.7 Å². The van der Waals surface area contributed by atoms with E-state index in [1.54, 1.807) is 36.3 Å². The van der Waals surface area contributed by atoms with Gasteiger partial charge in [0, 0.05) is 36.6 Å². The fourth-order valence-corrected chi connectivity index (χ4v) is 4.03. The molecule has 9 nitrogen and oxygen atoms in total. The lowest BCUT2D eigenvalue weighted by molar-refractivity contribution is 0.418. The largest absolute Gasteiger partial charge is 0.494 e. The molecular weight excluding hydrogens is 394 g/mol. The number of fused-ring (bicyclic) bond motifs is 1. The maximum atomic E-state index is 12.0. The van der Waals surface area contributed by atoms with E-state index in [0.717, 1.165) is 42.0 Å². The Hall–Kier alpha value is -3.88. The number of nitrogens with zero attached hydrogens (tertiary/aromatic N) is 4. The summed E-state index contributed by atoms with van der Waals surface area (Å²) < 4.78 is 6.94. The first-order valence-corrected chi connectivity index (χ1v) is 10.3. The normalized spacial score (nSPS) is 18.2. The molecular formula is C22H23N7O2. The molecule has 0 spiro atoms. The Balaban J connectivity index is 1.21. The third-order valence-electron chi connectivity index (χ3n) is 5.55. The molecule has 158 valence electrons. The number of rotatable bonds is 6. The summed E-state index contributed by atoms with van der Waals surface area (Å²) in [5.74, 6) is 2.23. The molecule has 9 heteroatoms. The molecule has 4 heterocycles. The summed E-state index contributed by atoms with van der Waals surface area (Å²) in [6, 6.07) is 11.3. The standard InChI is InChI=1S/C22H23N7O2/c1-31-17-9-10-23-21-20(17)27-22(28-21)26-15-6-5-14(12-15)25-18-8-7-16(13-24-18)29-11-3-2-4-19(29)30/h2-4,7-11,13-15H,5-6,12H2,1H3,(H,24,25)(H2,23,26,27,28)/t14-,15-/m0/s1. The number of ether oxygens (including phenoxy) is 1. The van der Waals surface area contributed by atoms with Gasteiger partial charge >= 0.3 is 0 Å². The first-order chi connectivity index (χ1) is 15.2. The number of aromatic amines is 1. The average Bonchev–Trinajstić information content (AvgIpc) is 3.41.